The molecule has 2 aromatic rings. The first-order valence-electron chi connectivity index (χ1n) is 9.07. The number of anilines is 2. The molecule has 0 aromatic heterocycles. The maximum Gasteiger partial charge on any atom is 0.257 e. The molecule has 0 bridgehead atoms. The van der Waals surface area contributed by atoms with Crippen molar-refractivity contribution in [1.29, 1.82) is 0 Å². The molecule has 2 rings (SSSR count). The SMILES string of the molecule is CCCCCC(=O)Nc1cccc(NC(=S)NC(=O)c2ccccc2C)c1. The fourth-order valence-electron chi connectivity index (χ4n) is 2.59. The highest BCUT2D eigenvalue weighted by Gasteiger charge is 2.10. The van der Waals surface area contributed by atoms with Crippen molar-refractivity contribution in [3.05, 3.63) is 59.7 Å². The zero-order valence-electron chi connectivity index (χ0n) is 15.7. The predicted molar refractivity (Wildman–Crippen MR) is 114 cm³/mol. The minimum atomic E-state index is -0.258. The van der Waals surface area contributed by atoms with Gasteiger partial charge in [0.1, 0.15) is 0 Å². The van der Waals surface area contributed by atoms with E-state index in [1.54, 1.807) is 12.1 Å². The van der Waals surface area contributed by atoms with Crippen LogP contribution in [-0.2, 0) is 4.79 Å². The summed E-state index contributed by atoms with van der Waals surface area (Å²) in [5.41, 5.74) is 2.84. The fraction of sp³-hybridized carbons (Fsp3) is 0.286. The first-order chi connectivity index (χ1) is 13.0. The van der Waals surface area contributed by atoms with Crippen LogP contribution in [0.1, 0.15) is 48.5 Å². The Bertz CT molecular complexity index is 821. The van der Waals surface area contributed by atoms with Crippen molar-refractivity contribution in [3.63, 3.8) is 0 Å². The summed E-state index contributed by atoms with van der Waals surface area (Å²) in [4.78, 5) is 24.2. The topological polar surface area (TPSA) is 70.2 Å². The van der Waals surface area contributed by atoms with Crippen molar-refractivity contribution in [2.45, 2.75) is 39.5 Å². The fourth-order valence-corrected chi connectivity index (χ4v) is 2.80. The Balaban J connectivity index is 1.91. The summed E-state index contributed by atoms with van der Waals surface area (Å²) in [6, 6.07) is 14.5. The summed E-state index contributed by atoms with van der Waals surface area (Å²) in [7, 11) is 0. The van der Waals surface area contributed by atoms with Crippen LogP contribution in [0.25, 0.3) is 0 Å². The molecule has 6 heteroatoms. The van der Waals surface area contributed by atoms with Crippen molar-refractivity contribution < 1.29 is 9.59 Å². The standard InChI is InChI=1S/C21H25N3O2S/c1-3-4-5-13-19(25)22-16-10-8-11-17(14-16)23-21(27)24-20(26)18-12-7-6-9-15(18)2/h6-12,14H,3-5,13H2,1-2H3,(H,22,25)(H2,23,24,26,27). The average molecular weight is 384 g/mol. The molecular weight excluding hydrogens is 358 g/mol. The third kappa shape index (κ3) is 6.83. The van der Waals surface area contributed by atoms with Crippen molar-refractivity contribution >= 4 is 40.5 Å². The number of aryl methyl sites for hydroxylation is 1. The van der Waals surface area contributed by atoms with Crippen molar-refractivity contribution in [3.8, 4) is 0 Å². The van der Waals surface area contributed by atoms with Crippen LogP contribution in [0.15, 0.2) is 48.5 Å². The van der Waals surface area contributed by atoms with Crippen LogP contribution >= 0.6 is 12.2 Å². The second-order valence-electron chi connectivity index (χ2n) is 6.31. The number of carbonyl (C=O) groups is 2. The number of rotatable bonds is 7. The minimum absolute atomic E-state index is 0.00367. The second-order valence-corrected chi connectivity index (χ2v) is 6.72. The van der Waals surface area contributed by atoms with E-state index in [9.17, 15) is 9.59 Å². The molecule has 2 amide bonds. The van der Waals surface area contributed by atoms with E-state index in [2.05, 4.69) is 22.9 Å². The highest BCUT2D eigenvalue weighted by Crippen LogP contribution is 2.16. The average Bonchev–Trinajstić information content (AvgIpc) is 2.62. The first kappa shape index (κ1) is 20.6. The molecule has 0 unspecified atom stereocenters. The van der Waals surface area contributed by atoms with Gasteiger partial charge in [-0.3, -0.25) is 14.9 Å². The maximum absolute atomic E-state index is 12.3. The molecule has 0 heterocycles. The van der Waals surface area contributed by atoms with Crippen LogP contribution in [0.2, 0.25) is 0 Å². The van der Waals surface area contributed by atoms with Crippen LogP contribution in [0.4, 0.5) is 11.4 Å². The third-order valence-corrected chi connectivity index (χ3v) is 4.23. The predicted octanol–water partition coefficient (Wildman–Crippen LogP) is 4.64. The van der Waals surface area contributed by atoms with Gasteiger partial charge in [0.25, 0.3) is 5.91 Å². The Kier molecular flexibility index (Phi) is 7.95. The normalized spacial score (nSPS) is 10.1. The molecule has 2 aromatic carbocycles. The Hall–Kier alpha value is -2.73. The molecule has 142 valence electrons. The lowest BCUT2D eigenvalue weighted by Gasteiger charge is -2.12. The molecular formula is C21H25N3O2S. The summed E-state index contributed by atoms with van der Waals surface area (Å²) < 4.78 is 0. The monoisotopic (exact) mass is 383 g/mol. The quantitative estimate of drug-likeness (QED) is 0.481. The zero-order valence-corrected chi connectivity index (χ0v) is 16.5. The summed E-state index contributed by atoms with van der Waals surface area (Å²) >= 11 is 5.23. The first-order valence-corrected chi connectivity index (χ1v) is 9.48. The van der Waals surface area contributed by atoms with Gasteiger partial charge in [-0.1, -0.05) is 44.0 Å². The van der Waals surface area contributed by atoms with Crippen LogP contribution in [-0.4, -0.2) is 16.9 Å². The van der Waals surface area contributed by atoms with E-state index in [0.29, 0.717) is 23.4 Å². The molecule has 0 saturated heterocycles. The molecule has 0 saturated carbocycles. The van der Waals surface area contributed by atoms with E-state index in [1.165, 1.54) is 0 Å². The van der Waals surface area contributed by atoms with Gasteiger partial charge in [-0.15, -0.1) is 0 Å². The molecule has 0 aliphatic carbocycles. The number of carbonyl (C=O) groups excluding carboxylic acids is 2. The third-order valence-electron chi connectivity index (χ3n) is 4.03. The van der Waals surface area contributed by atoms with Gasteiger partial charge in [-0.25, -0.2) is 0 Å². The largest absolute Gasteiger partial charge is 0.332 e. The van der Waals surface area contributed by atoms with Crippen LogP contribution in [0, 0.1) is 6.92 Å². The molecule has 0 aliphatic heterocycles. The second kappa shape index (κ2) is 10.4. The van der Waals surface area contributed by atoms with Crippen LogP contribution in [0.3, 0.4) is 0 Å². The van der Waals surface area contributed by atoms with Gasteiger partial charge in [-0.05, 0) is 55.4 Å². The van der Waals surface area contributed by atoms with E-state index >= 15 is 0 Å². The number of thiocarbonyl (C=S) groups is 1. The van der Waals surface area contributed by atoms with Gasteiger partial charge in [0.05, 0.1) is 0 Å². The molecule has 0 aliphatic rings. The van der Waals surface area contributed by atoms with Gasteiger partial charge >= 0.3 is 0 Å². The number of hydrogen-bond acceptors (Lipinski definition) is 3. The van der Waals surface area contributed by atoms with E-state index in [1.807, 2.05) is 43.3 Å². The summed E-state index contributed by atoms with van der Waals surface area (Å²) in [5, 5.41) is 8.73. The Labute approximate surface area is 165 Å². The van der Waals surface area contributed by atoms with Crippen molar-refractivity contribution in [2.75, 3.05) is 10.6 Å². The zero-order chi connectivity index (χ0) is 19.6. The molecule has 0 atom stereocenters. The number of benzene rings is 2. The molecule has 27 heavy (non-hydrogen) atoms. The summed E-state index contributed by atoms with van der Waals surface area (Å²) in [6.45, 7) is 3.98. The van der Waals surface area contributed by atoms with Gasteiger partial charge in [-0.2, -0.15) is 0 Å². The van der Waals surface area contributed by atoms with Gasteiger partial charge in [0, 0.05) is 23.4 Å². The van der Waals surface area contributed by atoms with E-state index < -0.39 is 0 Å². The van der Waals surface area contributed by atoms with Crippen LogP contribution in [0.5, 0.6) is 0 Å². The Morgan fingerprint density at radius 3 is 2.37 bits per heavy atom. The number of amides is 2. The summed E-state index contributed by atoms with van der Waals surface area (Å²) in [5.74, 6) is -0.262. The number of hydrogen-bond donors (Lipinski definition) is 3. The molecule has 0 spiro atoms. The van der Waals surface area contributed by atoms with E-state index in [4.69, 9.17) is 12.2 Å². The van der Waals surface area contributed by atoms with Gasteiger partial charge in [0.15, 0.2) is 5.11 Å². The molecule has 0 fully saturated rings. The molecule has 0 radical (unpaired) electrons. The number of nitrogens with one attached hydrogen (secondary N) is 3. The highest BCUT2D eigenvalue weighted by atomic mass is 32.1. The Morgan fingerprint density at radius 1 is 0.963 bits per heavy atom. The van der Waals surface area contributed by atoms with E-state index in [0.717, 1.165) is 24.8 Å². The lowest BCUT2D eigenvalue weighted by molar-refractivity contribution is -0.116. The minimum Gasteiger partial charge on any atom is -0.332 e. The molecule has 3 N–H and O–H groups in total. The highest BCUT2D eigenvalue weighted by molar-refractivity contribution is 7.80. The van der Waals surface area contributed by atoms with Gasteiger partial charge in [0.2, 0.25) is 5.91 Å². The summed E-state index contributed by atoms with van der Waals surface area (Å²) in [6.07, 6.45) is 3.52. The van der Waals surface area contributed by atoms with E-state index in [-0.39, 0.29) is 16.9 Å². The lowest BCUT2D eigenvalue weighted by Crippen LogP contribution is -2.34. The lowest BCUT2D eigenvalue weighted by atomic mass is 10.1. The smallest absolute Gasteiger partial charge is 0.257 e. The Morgan fingerprint density at radius 2 is 1.67 bits per heavy atom. The van der Waals surface area contributed by atoms with Crippen molar-refractivity contribution in [2.24, 2.45) is 0 Å². The number of unbranched alkanes of at least 4 members (excludes halogenated alkanes) is 2. The van der Waals surface area contributed by atoms with Crippen LogP contribution < -0.4 is 16.0 Å². The molecule has 5 nitrogen and oxygen atoms in total. The van der Waals surface area contributed by atoms with Crippen molar-refractivity contribution in [1.82, 2.24) is 5.32 Å². The maximum atomic E-state index is 12.3. The van der Waals surface area contributed by atoms with Gasteiger partial charge < -0.3 is 10.6 Å².